The van der Waals surface area contributed by atoms with Gasteiger partial charge in [-0.25, -0.2) is 0 Å². The summed E-state index contributed by atoms with van der Waals surface area (Å²) in [5.41, 5.74) is 0.697. The maximum Gasteiger partial charge on any atom is 0.232 e. The number of hydrogen-bond donors (Lipinski definition) is 0. The quantitative estimate of drug-likeness (QED) is 0.685. The predicted molar refractivity (Wildman–Crippen MR) is 65.2 cm³/mol. The lowest BCUT2D eigenvalue weighted by Crippen LogP contribution is -1.88. The van der Waals surface area contributed by atoms with E-state index in [2.05, 4.69) is 15.9 Å². The van der Waals surface area contributed by atoms with Crippen LogP contribution in [0.1, 0.15) is 20.8 Å². The lowest BCUT2D eigenvalue weighted by Gasteiger charge is -1.89. The molecule has 0 aromatic carbocycles. The van der Waals surface area contributed by atoms with Crippen molar-refractivity contribution < 1.29 is 9.59 Å². The Labute approximate surface area is 99.7 Å². The number of halogens is 1. The van der Waals surface area contributed by atoms with Crippen LogP contribution in [0.2, 0.25) is 0 Å². The minimum atomic E-state index is -0.000602. The standard InChI is InChI=1S/C7H3BrO2S2.C2H6/c1-2-4-5(12-6(2)9)3(8)7(10)11-4;1-2/h1H3;1-2H3. The van der Waals surface area contributed by atoms with Gasteiger partial charge < -0.3 is 0 Å². The molecule has 0 aromatic heterocycles. The second-order valence-corrected chi connectivity index (χ2v) is 5.14. The maximum atomic E-state index is 11.2. The number of carbonyl (C=O) groups excluding carboxylic acids is 2. The van der Waals surface area contributed by atoms with E-state index in [1.54, 1.807) is 6.92 Å². The Morgan fingerprint density at radius 3 is 2.00 bits per heavy atom. The van der Waals surface area contributed by atoms with Crippen LogP contribution in [0.15, 0.2) is 19.9 Å². The van der Waals surface area contributed by atoms with E-state index in [9.17, 15) is 9.59 Å². The number of hydrogen-bond acceptors (Lipinski definition) is 4. The minimum absolute atomic E-state index is 0.000602. The van der Waals surface area contributed by atoms with Gasteiger partial charge in [0.2, 0.25) is 10.2 Å². The molecule has 2 nitrogen and oxygen atoms in total. The van der Waals surface area contributed by atoms with Crippen molar-refractivity contribution in [3.63, 3.8) is 0 Å². The van der Waals surface area contributed by atoms with Gasteiger partial charge in [0.05, 0.1) is 4.48 Å². The first kappa shape index (κ1) is 12.1. The zero-order valence-electron chi connectivity index (χ0n) is 8.01. The summed E-state index contributed by atoms with van der Waals surface area (Å²) in [6.07, 6.45) is 0. The van der Waals surface area contributed by atoms with E-state index in [1.165, 1.54) is 0 Å². The molecule has 76 valence electrons. The molecule has 0 amide bonds. The van der Waals surface area contributed by atoms with Gasteiger partial charge in [-0.3, -0.25) is 9.59 Å². The van der Waals surface area contributed by atoms with Gasteiger partial charge in [-0.1, -0.05) is 13.8 Å². The van der Waals surface area contributed by atoms with Crippen LogP contribution in [0.5, 0.6) is 0 Å². The SMILES string of the molecule is CC.CC1=C2SC(=O)C(Br)=C2SC1=O. The summed E-state index contributed by atoms with van der Waals surface area (Å²) in [7, 11) is 0. The van der Waals surface area contributed by atoms with Gasteiger partial charge in [0.25, 0.3) is 0 Å². The Morgan fingerprint density at radius 2 is 1.50 bits per heavy atom. The highest BCUT2D eigenvalue weighted by Crippen LogP contribution is 2.52. The summed E-state index contributed by atoms with van der Waals surface area (Å²) >= 11 is 5.44. The first-order valence-corrected chi connectivity index (χ1v) is 6.59. The zero-order chi connectivity index (χ0) is 10.9. The third-order valence-electron chi connectivity index (χ3n) is 1.62. The smallest absolute Gasteiger partial charge is 0.232 e. The third kappa shape index (κ3) is 1.85. The van der Waals surface area contributed by atoms with Gasteiger partial charge in [-0.15, -0.1) is 0 Å². The lowest BCUT2D eigenvalue weighted by molar-refractivity contribution is -0.108. The maximum absolute atomic E-state index is 11.2. The molecule has 14 heavy (non-hydrogen) atoms. The van der Waals surface area contributed by atoms with Gasteiger partial charge in [0.15, 0.2) is 0 Å². The van der Waals surface area contributed by atoms with Crippen molar-refractivity contribution in [1.29, 1.82) is 0 Å². The Morgan fingerprint density at radius 1 is 1.00 bits per heavy atom. The zero-order valence-corrected chi connectivity index (χ0v) is 11.2. The van der Waals surface area contributed by atoms with Gasteiger partial charge in [-0.05, 0) is 46.4 Å². The molecule has 0 saturated carbocycles. The van der Waals surface area contributed by atoms with Crippen molar-refractivity contribution in [2.45, 2.75) is 20.8 Å². The highest BCUT2D eigenvalue weighted by atomic mass is 79.9. The van der Waals surface area contributed by atoms with E-state index in [4.69, 9.17) is 0 Å². The summed E-state index contributed by atoms with van der Waals surface area (Å²) in [4.78, 5) is 23.9. The van der Waals surface area contributed by atoms with E-state index in [1.807, 2.05) is 13.8 Å². The fourth-order valence-electron chi connectivity index (χ4n) is 0.976. The van der Waals surface area contributed by atoms with E-state index in [0.717, 1.165) is 33.3 Å². The van der Waals surface area contributed by atoms with Crippen molar-refractivity contribution in [2.24, 2.45) is 0 Å². The molecule has 0 unspecified atom stereocenters. The molecular formula is C9H9BrO2S2. The van der Waals surface area contributed by atoms with Crippen molar-refractivity contribution in [2.75, 3.05) is 0 Å². The molecule has 5 heteroatoms. The number of fused-ring (bicyclic) bond motifs is 1. The van der Waals surface area contributed by atoms with E-state index in [0.29, 0.717) is 10.1 Å². The summed E-state index contributed by atoms with van der Waals surface area (Å²) < 4.78 is 0.540. The van der Waals surface area contributed by atoms with Crippen LogP contribution in [0.3, 0.4) is 0 Å². The van der Waals surface area contributed by atoms with Crippen LogP contribution in [0.25, 0.3) is 0 Å². The Balaban J connectivity index is 0.000000461. The largest absolute Gasteiger partial charge is 0.282 e. The molecule has 0 aliphatic carbocycles. The van der Waals surface area contributed by atoms with E-state index < -0.39 is 0 Å². The second kappa shape index (κ2) is 4.68. The molecule has 0 bridgehead atoms. The molecule has 2 aliphatic rings. The number of thioether (sulfide) groups is 2. The average Bonchev–Trinajstić information content (AvgIpc) is 2.61. The highest BCUT2D eigenvalue weighted by Gasteiger charge is 2.36. The number of carbonyl (C=O) groups is 2. The Hall–Kier alpha value is -0.000000000000000111. The van der Waals surface area contributed by atoms with Gasteiger partial charge in [0, 0.05) is 15.4 Å². The van der Waals surface area contributed by atoms with Gasteiger partial charge in [0.1, 0.15) is 0 Å². The molecule has 0 saturated heterocycles. The van der Waals surface area contributed by atoms with E-state index >= 15 is 0 Å². The molecule has 2 heterocycles. The fraction of sp³-hybridized carbons (Fsp3) is 0.333. The summed E-state index contributed by atoms with van der Waals surface area (Å²) in [5, 5.41) is 0.0521. The summed E-state index contributed by atoms with van der Waals surface area (Å²) in [5.74, 6) is 0. The number of rotatable bonds is 0. The van der Waals surface area contributed by atoms with Crippen LogP contribution in [-0.4, -0.2) is 10.2 Å². The molecular weight excluding hydrogens is 284 g/mol. The average molecular weight is 293 g/mol. The highest BCUT2D eigenvalue weighted by molar-refractivity contribution is 9.12. The Kier molecular flexibility index (Phi) is 4.04. The Bertz CT molecular complexity index is 333. The second-order valence-electron chi connectivity index (χ2n) is 2.38. The monoisotopic (exact) mass is 292 g/mol. The fourth-order valence-corrected chi connectivity index (χ4v) is 3.86. The van der Waals surface area contributed by atoms with Crippen LogP contribution in [0, 0.1) is 0 Å². The molecule has 0 fully saturated rings. The third-order valence-corrected chi connectivity index (χ3v) is 5.24. The van der Waals surface area contributed by atoms with Crippen LogP contribution in [-0.2, 0) is 9.59 Å². The topological polar surface area (TPSA) is 34.1 Å². The van der Waals surface area contributed by atoms with Crippen molar-refractivity contribution in [3.05, 3.63) is 19.9 Å². The molecule has 2 aliphatic heterocycles. The minimum Gasteiger partial charge on any atom is -0.282 e. The first-order chi connectivity index (χ1) is 6.61. The normalized spacial score (nSPS) is 20.0. The molecule has 0 aromatic rings. The van der Waals surface area contributed by atoms with Crippen LogP contribution < -0.4 is 0 Å². The molecule has 0 N–H and O–H groups in total. The van der Waals surface area contributed by atoms with Gasteiger partial charge >= 0.3 is 0 Å². The van der Waals surface area contributed by atoms with Crippen molar-refractivity contribution in [1.82, 2.24) is 0 Å². The molecule has 0 radical (unpaired) electrons. The predicted octanol–water partition coefficient (Wildman–Crippen LogP) is 3.44. The van der Waals surface area contributed by atoms with Gasteiger partial charge in [-0.2, -0.15) is 0 Å². The first-order valence-electron chi connectivity index (χ1n) is 4.16. The lowest BCUT2D eigenvalue weighted by atomic mass is 10.3. The van der Waals surface area contributed by atoms with Crippen molar-refractivity contribution >= 4 is 49.7 Å². The van der Waals surface area contributed by atoms with E-state index in [-0.39, 0.29) is 10.2 Å². The summed E-state index contributed by atoms with van der Waals surface area (Å²) in [6.45, 7) is 5.75. The van der Waals surface area contributed by atoms with Crippen molar-refractivity contribution in [3.8, 4) is 0 Å². The summed E-state index contributed by atoms with van der Waals surface area (Å²) in [6, 6.07) is 0. The van der Waals surface area contributed by atoms with Crippen LogP contribution in [0.4, 0.5) is 0 Å². The van der Waals surface area contributed by atoms with Crippen LogP contribution >= 0.6 is 39.5 Å². The molecule has 0 spiro atoms. The molecule has 0 atom stereocenters. The molecule has 2 rings (SSSR count).